The third-order valence-electron chi connectivity index (χ3n) is 1.74. The molecule has 0 unspecified atom stereocenters. The van der Waals surface area contributed by atoms with Crippen LogP contribution in [0.25, 0.3) is 0 Å². The van der Waals surface area contributed by atoms with Crippen LogP contribution >= 0.6 is 35.8 Å². The molecule has 0 atom stereocenters. The van der Waals surface area contributed by atoms with Crippen molar-refractivity contribution in [1.29, 1.82) is 0 Å². The Morgan fingerprint density at radius 3 is 2.40 bits per heavy atom. The Labute approximate surface area is 107 Å². The molecule has 86 valence electrons. The first-order valence-electron chi connectivity index (χ1n) is 4.80. The Morgan fingerprint density at radius 1 is 1.27 bits per heavy atom. The monoisotopic (exact) mass is 265 g/mol. The van der Waals surface area contributed by atoms with Crippen LogP contribution < -0.4 is 5.32 Å². The average Bonchev–Trinajstić information content (AvgIpc) is 2.15. The van der Waals surface area contributed by atoms with Crippen molar-refractivity contribution in [2.24, 2.45) is 0 Å². The van der Waals surface area contributed by atoms with Gasteiger partial charge in [0, 0.05) is 28.3 Å². The van der Waals surface area contributed by atoms with E-state index >= 15 is 0 Å². The molecular formula is C11H17Cl2NS. The van der Waals surface area contributed by atoms with Gasteiger partial charge in [-0.3, -0.25) is 0 Å². The van der Waals surface area contributed by atoms with Crippen LogP contribution in [0.5, 0.6) is 0 Å². The zero-order chi connectivity index (χ0) is 10.4. The standard InChI is InChI=1S/C11H16ClNS.ClH/c1-9(2)13-7-8-14-11-5-3-10(12)4-6-11;/h3-6,9,13H,7-8H2,1-2H3;1H. The van der Waals surface area contributed by atoms with E-state index in [0.717, 1.165) is 17.3 Å². The highest BCUT2D eigenvalue weighted by molar-refractivity contribution is 7.99. The molecule has 0 bridgehead atoms. The lowest BCUT2D eigenvalue weighted by molar-refractivity contribution is 0.616. The smallest absolute Gasteiger partial charge is 0.0406 e. The van der Waals surface area contributed by atoms with Crippen molar-refractivity contribution < 1.29 is 0 Å². The van der Waals surface area contributed by atoms with Gasteiger partial charge in [0.1, 0.15) is 0 Å². The van der Waals surface area contributed by atoms with Crippen LogP contribution in [0, 0.1) is 0 Å². The topological polar surface area (TPSA) is 12.0 Å². The van der Waals surface area contributed by atoms with E-state index in [-0.39, 0.29) is 12.4 Å². The second kappa shape index (κ2) is 8.28. The van der Waals surface area contributed by atoms with E-state index in [1.807, 2.05) is 23.9 Å². The van der Waals surface area contributed by atoms with E-state index in [0.29, 0.717) is 6.04 Å². The van der Waals surface area contributed by atoms with Crippen molar-refractivity contribution in [2.45, 2.75) is 24.8 Å². The van der Waals surface area contributed by atoms with Gasteiger partial charge < -0.3 is 5.32 Å². The molecule has 0 aliphatic rings. The summed E-state index contributed by atoms with van der Waals surface area (Å²) in [5.74, 6) is 1.10. The van der Waals surface area contributed by atoms with Crippen LogP contribution in [-0.2, 0) is 0 Å². The Balaban J connectivity index is 0.00000196. The minimum Gasteiger partial charge on any atom is -0.314 e. The Kier molecular flexibility index (Phi) is 8.34. The fourth-order valence-electron chi connectivity index (χ4n) is 1.05. The molecule has 0 heterocycles. The number of hydrogen-bond acceptors (Lipinski definition) is 2. The zero-order valence-corrected chi connectivity index (χ0v) is 11.4. The maximum Gasteiger partial charge on any atom is 0.0406 e. The minimum absolute atomic E-state index is 0. The number of nitrogens with one attached hydrogen (secondary N) is 1. The Bertz CT molecular complexity index is 262. The van der Waals surface area contributed by atoms with Crippen LogP contribution in [0.3, 0.4) is 0 Å². The highest BCUT2D eigenvalue weighted by Gasteiger charge is 1.95. The summed E-state index contributed by atoms with van der Waals surface area (Å²) < 4.78 is 0. The van der Waals surface area contributed by atoms with Crippen molar-refractivity contribution in [3.63, 3.8) is 0 Å². The van der Waals surface area contributed by atoms with Crippen LogP contribution in [0.15, 0.2) is 29.2 Å². The van der Waals surface area contributed by atoms with Gasteiger partial charge in [-0.1, -0.05) is 25.4 Å². The molecule has 0 saturated heterocycles. The van der Waals surface area contributed by atoms with Gasteiger partial charge in [-0.2, -0.15) is 0 Å². The number of thioether (sulfide) groups is 1. The molecule has 0 aliphatic carbocycles. The van der Waals surface area contributed by atoms with Crippen LogP contribution in [-0.4, -0.2) is 18.3 Å². The molecule has 0 radical (unpaired) electrons. The molecule has 1 N–H and O–H groups in total. The van der Waals surface area contributed by atoms with Crippen molar-refractivity contribution in [3.8, 4) is 0 Å². The first-order valence-corrected chi connectivity index (χ1v) is 6.16. The quantitative estimate of drug-likeness (QED) is 0.641. The molecule has 0 amide bonds. The van der Waals surface area contributed by atoms with Crippen LogP contribution in [0.2, 0.25) is 5.02 Å². The van der Waals surface area contributed by atoms with Gasteiger partial charge in [0.25, 0.3) is 0 Å². The number of benzene rings is 1. The SMILES string of the molecule is CC(C)NCCSc1ccc(Cl)cc1.Cl. The van der Waals surface area contributed by atoms with E-state index in [1.165, 1.54) is 4.90 Å². The molecule has 0 aliphatic heterocycles. The zero-order valence-electron chi connectivity index (χ0n) is 9.00. The molecule has 0 aromatic heterocycles. The van der Waals surface area contributed by atoms with E-state index in [4.69, 9.17) is 11.6 Å². The summed E-state index contributed by atoms with van der Waals surface area (Å²) in [5.41, 5.74) is 0. The summed E-state index contributed by atoms with van der Waals surface area (Å²) >= 11 is 7.64. The summed E-state index contributed by atoms with van der Waals surface area (Å²) in [6.45, 7) is 5.37. The summed E-state index contributed by atoms with van der Waals surface area (Å²) in [6.07, 6.45) is 0. The maximum atomic E-state index is 5.79. The van der Waals surface area contributed by atoms with Crippen molar-refractivity contribution >= 4 is 35.8 Å². The molecule has 1 aromatic carbocycles. The number of hydrogen-bond donors (Lipinski definition) is 1. The predicted molar refractivity (Wildman–Crippen MR) is 72.6 cm³/mol. The lowest BCUT2D eigenvalue weighted by Gasteiger charge is -2.07. The minimum atomic E-state index is 0. The normalized spacial score (nSPS) is 10.1. The molecule has 0 fully saturated rings. The lowest BCUT2D eigenvalue weighted by atomic mass is 10.4. The van der Waals surface area contributed by atoms with E-state index in [9.17, 15) is 0 Å². The van der Waals surface area contributed by atoms with Gasteiger partial charge in [0.15, 0.2) is 0 Å². The third-order valence-corrected chi connectivity index (χ3v) is 3.00. The van der Waals surface area contributed by atoms with Gasteiger partial charge >= 0.3 is 0 Å². The van der Waals surface area contributed by atoms with Gasteiger partial charge in [-0.15, -0.1) is 24.2 Å². The van der Waals surface area contributed by atoms with Crippen molar-refractivity contribution in [3.05, 3.63) is 29.3 Å². The second-order valence-corrected chi connectivity index (χ2v) is 5.02. The van der Waals surface area contributed by atoms with E-state index < -0.39 is 0 Å². The van der Waals surface area contributed by atoms with Gasteiger partial charge in [0.05, 0.1) is 0 Å². The highest BCUT2D eigenvalue weighted by atomic mass is 35.5. The molecule has 4 heteroatoms. The van der Waals surface area contributed by atoms with Crippen molar-refractivity contribution in [1.82, 2.24) is 5.32 Å². The largest absolute Gasteiger partial charge is 0.314 e. The molecule has 0 saturated carbocycles. The number of halogens is 2. The van der Waals surface area contributed by atoms with Crippen LogP contribution in [0.4, 0.5) is 0 Å². The fraction of sp³-hybridized carbons (Fsp3) is 0.455. The van der Waals surface area contributed by atoms with E-state index in [1.54, 1.807) is 0 Å². The average molecular weight is 266 g/mol. The molecule has 1 aromatic rings. The fourth-order valence-corrected chi connectivity index (χ4v) is 1.96. The predicted octanol–water partition coefficient (Wildman–Crippen LogP) is 3.85. The molecule has 0 spiro atoms. The molecule has 15 heavy (non-hydrogen) atoms. The molecule has 1 nitrogen and oxygen atoms in total. The van der Waals surface area contributed by atoms with Crippen molar-refractivity contribution in [2.75, 3.05) is 12.3 Å². The summed E-state index contributed by atoms with van der Waals surface area (Å²) in [6, 6.07) is 8.55. The highest BCUT2D eigenvalue weighted by Crippen LogP contribution is 2.19. The Hall–Kier alpha value is 0.110. The summed E-state index contributed by atoms with van der Waals surface area (Å²) in [5, 5.41) is 4.18. The first-order chi connectivity index (χ1) is 6.68. The van der Waals surface area contributed by atoms with Gasteiger partial charge in [-0.05, 0) is 24.3 Å². The first kappa shape index (κ1) is 15.1. The third kappa shape index (κ3) is 7.07. The van der Waals surface area contributed by atoms with Gasteiger partial charge in [-0.25, -0.2) is 0 Å². The van der Waals surface area contributed by atoms with Crippen LogP contribution in [0.1, 0.15) is 13.8 Å². The number of rotatable bonds is 5. The Morgan fingerprint density at radius 2 is 1.87 bits per heavy atom. The van der Waals surface area contributed by atoms with E-state index in [2.05, 4.69) is 31.3 Å². The summed E-state index contributed by atoms with van der Waals surface area (Å²) in [7, 11) is 0. The lowest BCUT2D eigenvalue weighted by Crippen LogP contribution is -2.24. The maximum absolute atomic E-state index is 5.79. The summed E-state index contributed by atoms with van der Waals surface area (Å²) in [4.78, 5) is 1.28. The second-order valence-electron chi connectivity index (χ2n) is 3.41. The molecule has 1 rings (SSSR count). The van der Waals surface area contributed by atoms with Gasteiger partial charge in [0.2, 0.25) is 0 Å². The molecular weight excluding hydrogens is 249 g/mol.